The van der Waals surface area contributed by atoms with Crippen molar-refractivity contribution < 1.29 is 0 Å². The van der Waals surface area contributed by atoms with Crippen LogP contribution in [-0.4, -0.2) is 7.05 Å². The lowest BCUT2D eigenvalue weighted by molar-refractivity contribution is 0.528. The molecule has 0 fully saturated rings. The van der Waals surface area contributed by atoms with E-state index in [0.29, 0.717) is 0 Å². The number of thiophene rings is 1. The molecule has 0 aliphatic rings. The summed E-state index contributed by atoms with van der Waals surface area (Å²) in [6.07, 6.45) is 3.30. The fourth-order valence-electron chi connectivity index (χ4n) is 2.17. The summed E-state index contributed by atoms with van der Waals surface area (Å²) in [4.78, 5) is 1.44. The van der Waals surface area contributed by atoms with Crippen LogP contribution in [0.3, 0.4) is 0 Å². The number of rotatable bonds is 6. The van der Waals surface area contributed by atoms with E-state index in [1.807, 2.05) is 36.6 Å². The first-order valence-corrected chi connectivity index (χ1v) is 7.99. The quantitative estimate of drug-likeness (QED) is 0.759. The fraction of sp³-hybridized carbons (Fsp3) is 0.333. The maximum Gasteiger partial charge on any atom is 0.0454 e. The molecule has 2 aromatic rings. The Kier molecular flexibility index (Phi) is 5.71. The van der Waals surface area contributed by atoms with Crippen LogP contribution < -0.4 is 5.32 Å². The monoisotopic (exact) mass is 313 g/mol. The smallest absolute Gasteiger partial charge is 0.0454 e. The van der Waals surface area contributed by atoms with Crippen LogP contribution in [0, 0.1) is 0 Å². The molecule has 0 bridgehead atoms. The third-order valence-electron chi connectivity index (χ3n) is 3.18. The van der Waals surface area contributed by atoms with E-state index in [1.165, 1.54) is 4.88 Å². The van der Waals surface area contributed by atoms with Gasteiger partial charge < -0.3 is 5.32 Å². The standard InChI is InChI=1S/C15H17Cl2NS/c1-18-15(6-2-4-12-5-3-9-19-12)13-10-11(16)7-8-14(13)17/h3,5,7-10,15,18H,2,4,6H2,1H3. The van der Waals surface area contributed by atoms with Crippen molar-refractivity contribution in [2.45, 2.75) is 25.3 Å². The van der Waals surface area contributed by atoms with E-state index in [0.717, 1.165) is 34.9 Å². The molecule has 102 valence electrons. The largest absolute Gasteiger partial charge is 0.313 e. The Morgan fingerprint density at radius 2 is 2.11 bits per heavy atom. The summed E-state index contributed by atoms with van der Waals surface area (Å²) >= 11 is 14.1. The topological polar surface area (TPSA) is 12.0 Å². The lowest BCUT2D eigenvalue weighted by atomic mass is 10.0. The van der Waals surface area contributed by atoms with Crippen LogP contribution in [0.5, 0.6) is 0 Å². The summed E-state index contributed by atoms with van der Waals surface area (Å²) in [5.74, 6) is 0. The number of aryl methyl sites for hydroxylation is 1. The van der Waals surface area contributed by atoms with Crippen molar-refractivity contribution in [1.29, 1.82) is 0 Å². The van der Waals surface area contributed by atoms with E-state index in [2.05, 4.69) is 22.8 Å². The molecule has 0 saturated heterocycles. The van der Waals surface area contributed by atoms with Crippen molar-refractivity contribution in [1.82, 2.24) is 5.32 Å². The lowest BCUT2D eigenvalue weighted by Crippen LogP contribution is -2.17. The first-order chi connectivity index (χ1) is 9.20. The minimum absolute atomic E-state index is 0.256. The molecule has 4 heteroatoms. The molecular weight excluding hydrogens is 297 g/mol. The molecule has 1 aromatic heterocycles. The average Bonchev–Trinajstić information content (AvgIpc) is 2.91. The Bertz CT molecular complexity index is 511. The third-order valence-corrected chi connectivity index (χ3v) is 4.69. The molecule has 0 saturated carbocycles. The summed E-state index contributed by atoms with van der Waals surface area (Å²) in [6.45, 7) is 0. The van der Waals surface area contributed by atoms with Gasteiger partial charge in [0.1, 0.15) is 0 Å². The van der Waals surface area contributed by atoms with Crippen LogP contribution in [-0.2, 0) is 6.42 Å². The lowest BCUT2D eigenvalue weighted by Gasteiger charge is -2.18. The molecule has 0 aliphatic heterocycles. The van der Waals surface area contributed by atoms with Gasteiger partial charge in [0.15, 0.2) is 0 Å². The molecule has 1 aromatic carbocycles. The predicted octanol–water partition coefficient (Wildman–Crippen LogP) is 5.34. The molecule has 19 heavy (non-hydrogen) atoms. The van der Waals surface area contributed by atoms with E-state index in [1.54, 1.807) is 0 Å². The molecular formula is C15H17Cl2NS. The second-order valence-electron chi connectivity index (χ2n) is 4.48. The van der Waals surface area contributed by atoms with Gasteiger partial charge in [-0.3, -0.25) is 0 Å². The van der Waals surface area contributed by atoms with Crippen LogP contribution in [0.15, 0.2) is 35.7 Å². The van der Waals surface area contributed by atoms with Gasteiger partial charge >= 0.3 is 0 Å². The minimum Gasteiger partial charge on any atom is -0.313 e. The zero-order valence-electron chi connectivity index (χ0n) is 10.8. The molecule has 1 atom stereocenters. The fourth-order valence-corrected chi connectivity index (χ4v) is 3.35. The van der Waals surface area contributed by atoms with E-state index < -0.39 is 0 Å². The van der Waals surface area contributed by atoms with Gasteiger partial charge in [-0.1, -0.05) is 29.3 Å². The van der Waals surface area contributed by atoms with Gasteiger partial charge in [-0.15, -0.1) is 11.3 Å². The molecule has 2 rings (SSSR count). The average molecular weight is 314 g/mol. The Morgan fingerprint density at radius 1 is 1.26 bits per heavy atom. The summed E-state index contributed by atoms with van der Waals surface area (Å²) in [7, 11) is 1.97. The molecule has 1 N–H and O–H groups in total. The van der Waals surface area contributed by atoms with Gasteiger partial charge in [-0.25, -0.2) is 0 Å². The van der Waals surface area contributed by atoms with Crippen LogP contribution in [0.2, 0.25) is 10.0 Å². The highest BCUT2D eigenvalue weighted by Crippen LogP contribution is 2.29. The van der Waals surface area contributed by atoms with E-state index in [4.69, 9.17) is 23.2 Å². The number of halogens is 2. The van der Waals surface area contributed by atoms with Crippen molar-refractivity contribution in [3.8, 4) is 0 Å². The SMILES string of the molecule is CNC(CCCc1cccs1)c1cc(Cl)ccc1Cl. The van der Waals surface area contributed by atoms with Gasteiger partial charge in [0, 0.05) is 21.0 Å². The number of hydrogen-bond donors (Lipinski definition) is 1. The third kappa shape index (κ3) is 4.22. The number of nitrogens with one attached hydrogen (secondary N) is 1. The van der Waals surface area contributed by atoms with Crippen molar-refractivity contribution >= 4 is 34.5 Å². The van der Waals surface area contributed by atoms with Gasteiger partial charge in [-0.05, 0) is 61.5 Å². The predicted molar refractivity (Wildman–Crippen MR) is 85.5 cm³/mol. The van der Waals surface area contributed by atoms with Gasteiger partial charge in [0.05, 0.1) is 0 Å². The molecule has 0 radical (unpaired) electrons. The van der Waals surface area contributed by atoms with Gasteiger partial charge in [0.2, 0.25) is 0 Å². The van der Waals surface area contributed by atoms with Crippen molar-refractivity contribution in [3.05, 3.63) is 56.2 Å². The maximum atomic E-state index is 6.25. The Balaban J connectivity index is 1.97. The Morgan fingerprint density at radius 3 is 2.79 bits per heavy atom. The number of hydrogen-bond acceptors (Lipinski definition) is 2. The zero-order chi connectivity index (χ0) is 13.7. The van der Waals surface area contributed by atoms with E-state index in [-0.39, 0.29) is 6.04 Å². The van der Waals surface area contributed by atoms with Gasteiger partial charge in [0.25, 0.3) is 0 Å². The highest BCUT2D eigenvalue weighted by atomic mass is 35.5. The second-order valence-corrected chi connectivity index (χ2v) is 6.35. The van der Waals surface area contributed by atoms with Crippen LogP contribution in [0.25, 0.3) is 0 Å². The van der Waals surface area contributed by atoms with Crippen LogP contribution in [0.4, 0.5) is 0 Å². The van der Waals surface area contributed by atoms with Crippen LogP contribution in [0.1, 0.15) is 29.3 Å². The summed E-state index contributed by atoms with van der Waals surface area (Å²) in [5, 5.41) is 6.96. The summed E-state index contributed by atoms with van der Waals surface area (Å²) < 4.78 is 0. The Labute approximate surface area is 128 Å². The molecule has 0 amide bonds. The highest BCUT2D eigenvalue weighted by molar-refractivity contribution is 7.09. The van der Waals surface area contributed by atoms with Crippen molar-refractivity contribution in [3.63, 3.8) is 0 Å². The number of benzene rings is 1. The summed E-state index contributed by atoms with van der Waals surface area (Å²) in [5.41, 5.74) is 1.09. The Hall–Kier alpha value is -0.540. The molecule has 0 spiro atoms. The molecule has 1 heterocycles. The van der Waals surface area contributed by atoms with Crippen molar-refractivity contribution in [2.24, 2.45) is 0 Å². The molecule has 1 unspecified atom stereocenters. The second kappa shape index (κ2) is 7.30. The van der Waals surface area contributed by atoms with E-state index >= 15 is 0 Å². The van der Waals surface area contributed by atoms with Crippen molar-refractivity contribution in [2.75, 3.05) is 7.05 Å². The van der Waals surface area contributed by atoms with E-state index in [9.17, 15) is 0 Å². The first kappa shape index (κ1) is 14.9. The van der Waals surface area contributed by atoms with Crippen LogP contribution >= 0.6 is 34.5 Å². The zero-order valence-corrected chi connectivity index (χ0v) is 13.2. The van der Waals surface area contributed by atoms with Gasteiger partial charge in [-0.2, -0.15) is 0 Å². The minimum atomic E-state index is 0.256. The highest BCUT2D eigenvalue weighted by Gasteiger charge is 2.13. The maximum absolute atomic E-state index is 6.25. The molecule has 1 nitrogen and oxygen atoms in total. The summed E-state index contributed by atoms with van der Waals surface area (Å²) in [6, 6.07) is 10.2. The first-order valence-electron chi connectivity index (χ1n) is 6.35. The normalized spacial score (nSPS) is 12.6. The molecule has 0 aliphatic carbocycles.